The summed E-state index contributed by atoms with van der Waals surface area (Å²) in [6, 6.07) is 0.315. The fourth-order valence-corrected chi connectivity index (χ4v) is 2.88. The predicted molar refractivity (Wildman–Crippen MR) is 72.4 cm³/mol. The molecule has 0 radical (unpaired) electrons. The van der Waals surface area contributed by atoms with Gasteiger partial charge in [-0.05, 0) is 51.5 Å². The molecular formula is C14H28N2O2. The van der Waals surface area contributed by atoms with Gasteiger partial charge in [-0.25, -0.2) is 0 Å². The van der Waals surface area contributed by atoms with Crippen LogP contribution in [0.5, 0.6) is 0 Å². The van der Waals surface area contributed by atoms with Crippen molar-refractivity contribution < 1.29 is 9.47 Å². The summed E-state index contributed by atoms with van der Waals surface area (Å²) in [7, 11) is 0. The van der Waals surface area contributed by atoms with Crippen molar-refractivity contribution in [1.29, 1.82) is 0 Å². The van der Waals surface area contributed by atoms with Crippen LogP contribution in [-0.2, 0) is 9.47 Å². The number of likely N-dealkylation sites (tertiary alicyclic amines) is 1. The second kappa shape index (κ2) is 7.43. The van der Waals surface area contributed by atoms with Gasteiger partial charge in [0.15, 0.2) is 6.29 Å². The lowest BCUT2D eigenvalue weighted by Gasteiger charge is -2.34. The number of nitrogens with two attached hydrogens (primary N) is 1. The molecule has 2 fully saturated rings. The van der Waals surface area contributed by atoms with Gasteiger partial charge < -0.3 is 20.1 Å². The van der Waals surface area contributed by atoms with E-state index in [0.717, 1.165) is 32.7 Å². The highest BCUT2D eigenvalue weighted by atomic mass is 16.7. The van der Waals surface area contributed by atoms with Gasteiger partial charge >= 0.3 is 0 Å². The molecule has 3 atom stereocenters. The van der Waals surface area contributed by atoms with Crippen LogP contribution in [0.15, 0.2) is 0 Å². The van der Waals surface area contributed by atoms with Gasteiger partial charge in [0.05, 0.1) is 6.61 Å². The molecule has 106 valence electrons. The maximum atomic E-state index is 6.00. The van der Waals surface area contributed by atoms with E-state index in [1.807, 2.05) is 0 Å². The summed E-state index contributed by atoms with van der Waals surface area (Å²) < 4.78 is 11.4. The molecule has 2 N–H and O–H groups in total. The quantitative estimate of drug-likeness (QED) is 0.811. The molecule has 0 aromatic rings. The molecule has 18 heavy (non-hydrogen) atoms. The largest absolute Gasteiger partial charge is 0.353 e. The molecule has 2 aliphatic heterocycles. The standard InChI is InChI=1S/C14H28N2O2/c1-12(15)13-5-4-7-16(11-13)8-10-18-14-6-2-3-9-17-14/h12-14H,2-11,15H2,1H3. The Morgan fingerprint density at radius 3 is 2.94 bits per heavy atom. The molecule has 2 saturated heterocycles. The number of piperidine rings is 1. The van der Waals surface area contributed by atoms with Crippen molar-refractivity contribution in [3.05, 3.63) is 0 Å². The van der Waals surface area contributed by atoms with Gasteiger partial charge in [-0.1, -0.05) is 0 Å². The lowest BCUT2D eigenvalue weighted by Crippen LogP contribution is -2.43. The first-order valence-corrected chi connectivity index (χ1v) is 7.47. The zero-order valence-corrected chi connectivity index (χ0v) is 11.6. The van der Waals surface area contributed by atoms with Gasteiger partial charge in [0.25, 0.3) is 0 Å². The van der Waals surface area contributed by atoms with Crippen molar-refractivity contribution in [3.63, 3.8) is 0 Å². The number of ether oxygens (including phenoxy) is 2. The molecule has 0 bridgehead atoms. The van der Waals surface area contributed by atoms with Crippen molar-refractivity contribution >= 4 is 0 Å². The zero-order chi connectivity index (χ0) is 12.8. The molecule has 0 aromatic heterocycles. The van der Waals surface area contributed by atoms with Crippen molar-refractivity contribution in [2.24, 2.45) is 11.7 Å². The lowest BCUT2D eigenvalue weighted by atomic mass is 9.92. The van der Waals surface area contributed by atoms with E-state index in [1.165, 1.54) is 32.2 Å². The van der Waals surface area contributed by atoms with Gasteiger partial charge in [0.2, 0.25) is 0 Å². The summed E-state index contributed by atoms with van der Waals surface area (Å²) in [5.74, 6) is 0.657. The topological polar surface area (TPSA) is 47.7 Å². The monoisotopic (exact) mass is 256 g/mol. The van der Waals surface area contributed by atoms with E-state index in [4.69, 9.17) is 15.2 Å². The highest BCUT2D eigenvalue weighted by molar-refractivity contribution is 4.78. The fraction of sp³-hybridized carbons (Fsp3) is 1.00. The molecule has 2 aliphatic rings. The van der Waals surface area contributed by atoms with Crippen molar-refractivity contribution in [1.82, 2.24) is 4.90 Å². The summed E-state index contributed by atoms with van der Waals surface area (Å²) in [4.78, 5) is 2.49. The van der Waals surface area contributed by atoms with Crippen molar-refractivity contribution in [3.8, 4) is 0 Å². The Hall–Kier alpha value is -0.160. The molecule has 0 saturated carbocycles. The predicted octanol–water partition coefficient (Wildman–Crippen LogP) is 1.59. The third-order valence-corrected chi connectivity index (χ3v) is 4.13. The molecule has 0 aromatic carbocycles. The molecule has 0 amide bonds. The van der Waals surface area contributed by atoms with Gasteiger partial charge in [-0.15, -0.1) is 0 Å². The smallest absolute Gasteiger partial charge is 0.157 e. The van der Waals surface area contributed by atoms with Gasteiger partial charge in [-0.2, -0.15) is 0 Å². The minimum atomic E-state index is 0.0489. The first-order chi connectivity index (χ1) is 8.75. The van der Waals surface area contributed by atoms with Crippen LogP contribution in [0.4, 0.5) is 0 Å². The van der Waals surface area contributed by atoms with Crippen LogP contribution >= 0.6 is 0 Å². The summed E-state index contributed by atoms with van der Waals surface area (Å²) in [5.41, 5.74) is 6.00. The van der Waals surface area contributed by atoms with Crippen LogP contribution in [0.3, 0.4) is 0 Å². The lowest BCUT2D eigenvalue weighted by molar-refractivity contribution is -0.164. The van der Waals surface area contributed by atoms with Gasteiger partial charge in [0, 0.05) is 25.7 Å². The molecule has 4 nitrogen and oxygen atoms in total. The van der Waals surface area contributed by atoms with E-state index < -0.39 is 0 Å². The number of nitrogens with zero attached hydrogens (tertiary/aromatic N) is 1. The average Bonchev–Trinajstić information content (AvgIpc) is 2.40. The average molecular weight is 256 g/mol. The SMILES string of the molecule is CC(N)C1CCCN(CCOC2CCCCO2)C1. The summed E-state index contributed by atoms with van der Waals surface area (Å²) in [5, 5.41) is 0. The van der Waals surface area contributed by atoms with Crippen LogP contribution in [0.25, 0.3) is 0 Å². The minimum absolute atomic E-state index is 0.0489. The normalized spacial score (nSPS) is 32.3. The van der Waals surface area contributed by atoms with E-state index in [-0.39, 0.29) is 6.29 Å². The summed E-state index contributed by atoms with van der Waals surface area (Å²) in [6.07, 6.45) is 6.08. The van der Waals surface area contributed by atoms with Crippen LogP contribution < -0.4 is 5.73 Å². The van der Waals surface area contributed by atoms with Crippen molar-refractivity contribution in [2.45, 2.75) is 51.4 Å². The molecule has 3 unspecified atom stereocenters. The Morgan fingerprint density at radius 1 is 1.33 bits per heavy atom. The highest BCUT2D eigenvalue weighted by Gasteiger charge is 2.22. The second-order valence-electron chi connectivity index (χ2n) is 5.73. The number of hydrogen-bond donors (Lipinski definition) is 1. The maximum Gasteiger partial charge on any atom is 0.157 e. The molecule has 2 heterocycles. The highest BCUT2D eigenvalue weighted by Crippen LogP contribution is 2.19. The van der Waals surface area contributed by atoms with E-state index in [2.05, 4.69) is 11.8 Å². The Bertz CT molecular complexity index is 230. The molecule has 0 spiro atoms. The zero-order valence-electron chi connectivity index (χ0n) is 11.6. The molecule has 2 rings (SSSR count). The first-order valence-electron chi connectivity index (χ1n) is 7.47. The van der Waals surface area contributed by atoms with Crippen LogP contribution in [0.2, 0.25) is 0 Å². The molecule has 0 aliphatic carbocycles. The van der Waals surface area contributed by atoms with E-state index in [9.17, 15) is 0 Å². The Morgan fingerprint density at radius 2 is 2.22 bits per heavy atom. The number of rotatable bonds is 5. The second-order valence-corrected chi connectivity index (χ2v) is 5.73. The number of hydrogen-bond acceptors (Lipinski definition) is 4. The van der Waals surface area contributed by atoms with E-state index in [0.29, 0.717) is 12.0 Å². The first kappa shape index (κ1) is 14.3. The summed E-state index contributed by atoms with van der Waals surface area (Å²) in [6.45, 7) is 7.12. The van der Waals surface area contributed by atoms with Crippen LogP contribution in [0, 0.1) is 5.92 Å². The van der Waals surface area contributed by atoms with E-state index in [1.54, 1.807) is 0 Å². The van der Waals surface area contributed by atoms with Crippen LogP contribution in [0.1, 0.15) is 39.0 Å². The third-order valence-electron chi connectivity index (χ3n) is 4.13. The van der Waals surface area contributed by atoms with E-state index >= 15 is 0 Å². The van der Waals surface area contributed by atoms with Gasteiger partial charge in [0.1, 0.15) is 0 Å². The maximum absolute atomic E-state index is 6.00. The van der Waals surface area contributed by atoms with Crippen molar-refractivity contribution in [2.75, 3.05) is 32.8 Å². The summed E-state index contributed by atoms with van der Waals surface area (Å²) >= 11 is 0. The minimum Gasteiger partial charge on any atom is -0.353 e. The molecule has 4 heteroatoms. The van der Waals surface area contributed by atoms with Gasteiger partial charge in [-0.3, -0.25) is 0 Å². The Kier molecular flexibility index (Phi) is 5.89. The molecular weight excluding hydrogens is 228 g/mol. The Balaban J connectivity index is 1.60. The third kappa shape index (κ3) is 4.50. The Labute approximate surface area is 111 Å². The fourth-order valence-electron chi connectivity index (χ4n) is 2.88. The van der Waals surface area contributed by atoms with Crippen LogP contribution in [-0.4, -0.2) is 50.1 Å².